The van der Waals surface area contributed by atoms with Crippen molar-refractivity contribution < 1.29 is 4.79 Å². The minimum atomic E-state index is 0.0395. The first kappa shape index (κ1) is 18.1. The first-order chi connectivity index (χ1) is 12.2. The van der Waals surface area contributed by atoms with Gasteiger partial charge in [-0.1, -0.05) is 29.8 Å². The van der Waals surface area contributed by atoms with Gasteiger partial charge in [0, 0.05) is 41.8 Å². The molecule has 2 aromatic carbocycles. The van der Waals surface area contributed by atoms with Crippen LogP contribution in [-0.4, -0.2) is 49.8 Å². The van der Waals surface area contributed by atoms with E-state index >= 15 is 0 Å². The SMILES string of the molecule is CSc1ccccc1NC(=O)CN1CCN(c2cccc(Cl)c2)CC1. The lowest BCUT2D eigenvalue weighted by atomic mass is 10.2. The number of hydrogen-bond donors (Lipinski definition) is 1. The van der Waals surface area contributed by atoms with E-state index in [1.54, 1.807) is 11.8 Å². The number of anilines is 2. The van der Waals surface area contributed by atoms with Crippen molar-refractivity contribution >= 4 is 40.6 Å². The Morgan fingerprint density at radius 2 is 1.88 bits per heavy atom. The van der Waals surface area contributed by atoms with Gasteiger partial charge in [0.15, 0.2) is 0 Å². The summed E-state index contributed by atoms with van der Waals surface area (Å²) in [6.45, 7) is 3.95. The highest BCUT2D eigenvalue weighted by Gasteiger charge is 2.19. The number of thioether (sulfide) groups is 1. The second-order valence-electron chi connectivity index (χ2n) is 5.99. The number of hydrogen-bond acceptors (Lipinski definition) is 4. The molecule has 1 aliphatic heterocycles. The number of amides is 1. The molecule has 0 aliphatic carbocycles. The van der Waals surface area contributed by atoms with Crippen molar-refractivity contribution in [3.8, 4) is 0 Å². The number of carbonyl (C=O) groups is 1. The van der Waals surface area contributed by atoms with Crippen LogP contribution in [0.25, 0.3) is 0 Å². The van der Waals surface area contributed by atoms with Crippen LogP contribution < -0.4 is 10.2 Å². The van der Waals surface area contributed by atoms with Gasteiger partial charge in [0.05, 0.1) is 12.2 Å². The number of nitrogens with zero attached hydrogens (tertiary/aromatic N) is 2. The molecule has 0 bridgehead atoms. The van der Waals surface area contributed by atoms with E-state index in [4.69, 9.17) is 11.6 Å². The maximum absolute atomic E-state index is 12.4. The van der Waals surface area contributed by atoms with E-state index in [1.165, 1.54) is 0 Å². The van der Waals surface area contributed by atoms with Crippen LogP contribution in [0.3, 0.4) is 0 Å². The summed E-state index contributed by atoms with van der Waals surface area (Å²) in [5, 5.41) is 3.78. The predicted octanol–water partition coefficient (Wildman–Crippen LogP) is 3.82. The van der Waals surface area contributed by atoms with Crippen LogP contribution in [-0.2, 0) is 4.79 Å². The summed E-state index contributed by atoms with van der Waals surface area (Å²) in [6, 6.07) is 15.8. The van der Waals surface area contributed by atoms with Gasteiger partial charge in [-0.15, -0.1) is 11.8 Å². The van der Waals surface area contributed by atoms with Gasteiger partial charge in [-0.3, -0.25) is 9.69 Å². The standard InChI is InChI=1S/C19H22ClN3OS/c1-25-18-8-3-2-7-17(18)21-19(24)14-22-9-11-23(12-10-22)16-6-4-5-15(20)13-16/h2-8,13H,9-12,14H2,1H3,(H,21,24). The third-order valence-electron chi connectivity index (χ3n) is 4.29. The minimum absolute atomic E-state index is 0.0395. The van der Waals surface area contributed by atoms with Gasteiger partial charge in [-0.2, -0.15) is 0 Å². The van der Waals surface area contributed by atoms with Gasteiger partial charge in [-0.05, 0) is 36.6 Å². The van der Waals surface area contributed by atoms with Gasteiger partial charge in [-0.25, -0.2) is 0 Å². The van der Waals surface area contributed by atoms with E-state index in [0.29, 0.717) is 6.54 Å². The molecule has 0 saturated carbocycles. The molecule has 1 aliphatic rings. The second kappa shape index (κ2) is 8.61. The Hall–Kier alpha value is -1.69. The molecular formula is C19H22ClN3OS. The van der Waals surface area contributed by atoms with Crippen LogP contribution in [0, 0.1) is 0 Å². The molecule has 1 saturated heterocycles. The molecule has 0 aromatic heterocycles. The zero-order valence-corrected chi connectivity index (χ0v) is 15.8. The smallest absolute Gasteiger partial charge is 0.238 e. The molecule has 25 heavy (non-hydrogen) atoms. The monoisotopic (exact) mass is 375 g/mol. The van der Waals surface area contributed by atoms with Crippen LogP contribution in [0.15, 0.2) is 53.4 Å². The molecule has 1 heterocycles. The maximum Gasteiger partial charge on any atom is 0.238 e. The number of rotatable bonds is 5. The lowest BCUT2D eigenvalue weighted by Gasteiger charge is -2.35. The number of halogens is 1. The summed E-state index contributed by atoms with van der Waals surface area (Å²) in [5.74, 6) is 0.0395. The van der Waals surface area contributed by atoms with Crippen LogP contribution in [0.5, 0.6) is 0 Å². The van der Waals surface area contributed by atoms with E-state index < -0.39 is 0 Å². The van der Waals surface area contributed by atoms with E-state index in [0.717, 1.165) is 47.5 Å². The van der Waals surface area contributed by atoms with E-state index in [9.17, 15) is 4.79 Å². The fourth-order valence-corrected chi connectivity index (χ4v) is 3.72. The Bertz CT molecular complexity index is 732. The summed E-state index contributed by atoms with van der Waals surface area (Å²) in [6.07, 6.45) is 2.01. The Morgan fingerprint density at radius 3 is 2.60 bits per heavy atom. The molecule has 0 atom stereocenters. The molecule has 1 amide bonds. The highest BCUT2D eigenvalue weighted by molar-refractivity contribution is 7.98. The Kier molecular flexibility index (Phi) is 6.24. The lowest BCUT2D eigenvalue weighted by molar-refractivity contribution is -0.117. The van der Waals surface area contributed by atoms with Crippen molar-refractivity contribution in [2.24, 2.45) is 0 Å². The van der Waals surface area contributed by atoms with Gasteiger partial charge in [0.2, 0.25) is 5.91 Å². The molecule has 1 N–H and O–H groups in total. The highest BCUT2D eigenvalue weighted by Crippen LogP contribution is 2.24. The third-order valence-corrected chi connectivity index (χ3v) is 5.32. The van der Waals surface area contributed by atoms with Crippen LogP contribution >= 0.6 is 23.4 Å². The maximum atomic E-state index is 12.4. The fourth-order valence-electron chi connectivity index (χ4n) is 2.98. The Labute approximate surface area is 158 Å². The van der Waals surface area contributed by atoms with Crippen molar-refractivity contribution in [1.82, 2.24) is 4.90 Å². The molecule has 4 nitrogen and oxygen atoms in total. The van der Waals surface area contributed by atoms with Gasteiger partial charge in [0.1, 0.15) is 0 Å². The normalized spacial score (nSPS) is 15.2. The van der Waals surface area contributed by atoms with Gasteiger partial charge < -0.3 is 10.2 Å². The molecule has 0 unspecified atom stereocenters. The molecular weight excluding hydrogens is 354 g/mol. The van der Waals surface area contributed by atoms with Crippen molar-refractivity contribution in [3.63, 3.8) is 0 Å². The fraction of sp³-hybridized carbons (Fsp3) is 0.316. The first-order valence-electron chi connectivity index (χ1n) is 8.31. The van der Waals surface area contributed by atoms with Crippen LogP contribution in [0.4, 0.5) is 11.4 Å². The molecule has 1 fully saturated rings. The first-order valence-corrected chi connectivity index (χ1v) is 9.92. The van der Waals surface area contributed by atoms with E-state index in [-0.39, 0.29) is 5.91 Å². The zero-order chi connectivity index (χ0) is 17.6. The predicted molar refractivity (Wildman–Crippen MR) is 107 cm³/mol. The zero-order valence-electron chi connectivity index (χ0n) is 14.2. The molecule has 3 rings (SSSR count). The number of carbonyl (C=O) groups excluding carboxylic acids is 1. The largest absolute Gasteiger partial charge is 0.369 e. The quantitative estimate of drug-likeness (QED) is 0.806. The molecule has 0 spiro atoms. The number of para-hydroxylation sites is 1. The van der Waals surface area contributed by atoms with E-state index in [2.05, 4.69) is 21.2 Å². The van der Waals surface area contributed by atoms with Gasteiger partial charge in [0.25, 0.3) is 0 Å². The summed E-state index contributed by atoms with van der Waals surface area (Å²) in [4.78, 5) is 17.9. The second-order valence-corrected chi connectivity index (χ2v) is 7.28. The lowest BCUT2D eigenvalue weighted by Crippen LogP contribution is -2.48. The number of benzene rings is 2. The summed E-state index contributed by atoms with van der Waals surface area (Å²) >= 11 is 7.71. The minimum Gasteiger partial charge on any atom is -0.369 e. The van der Waals surface area contributed by atoms with Gasteiger partial charge >= 0.3 is 0 Å². The molecule has 6 heteroatoms. The van der Waals surface area contributed by atoms with E-state index in [1.807, 2.05) is 48.7 Å². The van der Waals surface area contributed by atoms with Crippen molar-refractivity contribution in [1.29, 1.82) is 0 Å². The van der Waals surface area contributed by atoms with Crippen LogP contribution in [0.2, 0.25) is 5.02 Å². The topological polar surface area (TPSA) is 35.6 Å². The average molecular weight is 376 g/mol. The molecule has 2 aromatic rings. The Morgan fingerprint density at radius 1 is 1.12 bits per heavy atom. The third kappa shape index (κ3) is 4.91. The average Bonchev–Trinajstić information content (AvgIpc) is 2.63. The number of nitrogens with one attached hydrogen (secondary N) is 1. The van der Waals surface area contributed by atoms with Crippen molar-refractivity contribution in [2.75, 3.05) is 49.2 Å². The van der Waals surface area contributed by atoms with Crippen molar-refractivity contribution in [3.05, 3.63) is 53.6 Å². The Balaban J connectivity index is 1.51. The van der Waals surface area contributed by atoms with Crippen molar-refractivity contribution in [2.45, 2.75) is 4.90 Å². The summed E-state index contributed by atoms with van der Waals surface area (Å²) in [7, 11) is 0. The molecule has 0 radical (unpaired) electrons. The van der Waals surface area contributed by atoms with Crippen LogP contribution in [0.1, 0.15) is 0 Å². The highest BCUT2D eigenvalue weighted by atomic mass is 35.5. The summed E-state index contributed by atoms with van der Waals surface area (Å²) < 4.78 is 0. The number of piperazine rings is 1. The molecule has 132 valence electrons. The summed E-state index contributed by atoms with van der Waals surface area (Å²) in [5.41, 5.74) is 2.03.